The van der Waals surface area contributed by atoms with E-state index in [4.69, 9.17) is 5.73 Å². The van der Waals surface area contributed by atoms with Crippen molar-refractivity contribution in [3.8, 4) is 0 Å². The van der Waals surface area contributed by atoms with E-state index in [0.717, 1.165) is 19.3 Å². The lowest BCUT2D eigenvalue weighted by atomic mass is 9.77. The molecule has 0 radical (unpaired) electrons. The van der Waals surface area contributed by atoms with E-state index in [1.807, 2.05) is 0 Å². The predicted octanol–water partition coefficient (Wildman–Crippen LogP) is 2.59. The molecule has 2 fully saturated rings. The molecule has 1 saturated carbocycles. The highest BCUT2D eigenvalue weighted by Crippen LogP contribution is 2.34. The molecular formula is C19H31N3. The fourth-order valence-electron chi connectivity index (χ4n) is 3.83. The first kappa shape index (κ1) is 16.0. The predicted molar refractivity (Wildman–Crippen MR) is 93.0 cm³/mol. The Balaban J connectivity index is 1.53. The summed E-state index contributed by atoms with van der Waals surface area (Å²) in [6, 6.07) is 9.17. The van der Waals surface area contributed by atoms with Crippen molar-refractivity contribution in [2.75, 3.05) is 39.8 Å². The van der Waals surface area contributed by atoms with Crippen LogP contribution in [0.3, 0.4) is 0 Å². The van der Waals surface area contributed by atoms with Gasteiger partial charge < -0.3 is 15.5 Å². The molecule has 3 nitrogen and oxygen atoms in total. The van der Waals surface area contributed by atoms with Gasteiger partial charge in [-0.1, -0.05) is 43.5 Å². The number of nitrogens with zero attached hydrogens (tertiary/aromatic N) is 2. The molecule has 0 atom stereocenters. The van der Waals surface area contributed by atoms with Crippen LogP contribution in [-0.4, -0.2) is 49.6 Å². The number of benzene rings is 1. The van der Waals surface area contributed by atoms with Crippen LogP contribution < -0.4 is 5.73 Å². The minimum absolute atomic E-state index is 0.0613. The molecule has 22 heavy (non-hydrogen) atoms. The first-order valence-corrected chi connectivity index (χ1v) is 8.95. The highest BCUT2D eigenvalue weighted by atomic mass is 15.2. The molecule has 1 heterocycles. The van der Waals surface area contributed by atoms with E-state index in [0.29, 0.717) is 0 Å². The van der Waals surface area contributed by atoms with E-state index < -0.39 is 0 Å². The molecule has 0 bridgehead atoms. The lowest BCUT2D eigenvalue weighted by Crippen LogP contribution is -2.45. The smallest absolute Gasteiger partial charge is 0.0409 e. The van der Waals surface area contributed by atoms with Crippen molar-refractivity contribution in [3.05, 3.63) is 35.4 Å². The number of hydrogen-bond acceptors (Lipinski definition) is 3. The summed E-state index contributed by atoms with van der Waals surface area (Å²) >= 11 is 0. The van der Waals surface area contributed by atoms with Gasteiger partial charge in [-0.3, -0.25) is 0 Å². The number of hydrogen-bond donors (Lipinski definition) is 1. The van der Waals surface area contributed by atoms with Gasteiger partial charge in [0.1, 0.15) is 0 Å². The Morgan fingerprint density at radius 2 is 1.59 bits per heavy atom. The van der Waals surface area contributed by atoms with Crippen molar-refractivity contribution in [2.45, 2.75) is 44.1 Å². The van der Waals surface area contributed by atoms with Crippen LogP contribution in [0, 0.1) is 0 Å². The van der Waals surface area contributed by atoms with Gasteiger partial charge in [-0.2, -0.15) is 0 Å². The maximum absolute atomic E-state index is 6.62. The van der Waals surface area contributed by atoms with Gasteiger partial charge in [0.25, 0.3) is 0 Å². The second-order valence-electron chi connectivity index (χ2n) is 7.31. The van der Waals surface area contributed by atoms with E-state index in [-0.39, 0.29) is 5.54 Å². The third-order valence-corrected chi connectivity index (χ3v) is 5.59. The third-order valence-electron chi connectivity index (χ3n) is 5.59. The summed E-state index contributed by atoms with van der Waals surface area (Å²) in [7, 11) is 2.21. The SMILES string of the molecule is CN1CCN(CCc2ccc(C3(N)CCCCC3)cc2)CC1. The topological polar surface area (TPSA) is 32.5 Å². The van der Waals surface area contributed by atoms with Gasteiger partial charge in [-0.05, 0) is 37.4 Å². The third kappa shape index (κ3) is 3.89. The number of piperazine rings is 1. The van der Waals surface area contributed by atoms with E-state index in [2.05, 4.69) is 41.1 Å². The van der Waals surface area contributed by atoms with Gasteiger partial charge in [0.15, 0.2) is 0 Å². The monoisotopic (exact) mass is 301 g/mol. The number of rotatable bonds is 4. The quantitative estimate of drug-likeness (QED) is 0.928. The van der Waals surface area contributed by atoms with Crippen LogP contribution in [0.15, 0.2) is 24.3 Å². The summed E-state index contributed by atoms with van der Waals surface area (Å²) in [5, 5.41) is 0. The molecule has 122 valence electrons. The van der Waals surface area contributed by atoms with Crippen molar-refractivity contribution < 1.29 is 0 Å². The molecule has 1 aromatic carbocycles. The van der Waals surface area contributed by atoms with Crippen molar-refractivity contribution in [3.63, 3.8) is 0 Å². The van der Waals surface area contributed by atoms with Crippen molar-refractivity contribution in [1.29, 1.82) is 0 Å². The Labute approximate surface area is 135 Å². The maximum atomic E-state index is 6.62. The summed E-state index contributed by atoms with van der Waals surface area (Å²) in [6.45, 7) is 6.01. The average Bonchev–Trinajstić information content (AvgIpc) is 2.55. The Bertz CT molecular complexity index is 454. The molecule has 2 aliphatic rings. The van der Waals surface area contributed by atoms with E-state index >= 15 is 0 Å². The van der Waals surface area contributed by atoms with Gasteiger partial charge in [-0.25, -0.2) is 0 Å². The van der Waals surface area contributed by atoms with Gasteiger partial charge in [0, 0.05) is 38.3 Å². The van der Waals surface area contributed by atoms with Crippen LogP contribution in [0.2, 0.25) is 0 Å². The van der Waals surface area contributed by atoms with Crippen molar-refractivity contribution >= 4 is 0 Å². The van der Waals surface area contributed by atoms with Crippen LogP contribution in [-0.2, 0) is 12.0 Å². The minimum atomic E-state index is -0.0613. The molecule has 1 saturated heterocycles. The molecule has 0 amide bonds. The number of likely N-dealkylation sites (N-methyl/N-ethyl adjacent to an activating group) is 1. The molecule has 0 aromatic heterocycles. The highest BCUT2D eigenvalue weighted by Gasteiger charge is 2.29. The molecule has 3 heteroatoms. The summed E-state index contributed by atoms with van der Waals surface area (Å²) in [5.41, 5.74) is 9.35. The zero-order valence-corrected chi connectivity index (χ0v) is 14.1. The summed E-state index contributed by atoms with van der Waals surface area (Å²) in [5.74, 6) is 0. The Morgan fingerprint density at radius 3 is 2.23 bits per heavy atom. The molecule has 1 aromatic rings. The van der Waals surface area contributed by atoms with Crippen molar-refractivity contribution in [2.24, 2.45) is 5.73 Å². The lowest BCUT2D eigenvalue weighted by Gasteiger charge is -2.34. The van der Waals surface area contributed by atoms with Crippen LogP contribution in [0.5, 0.6) is 0 Å². The molecule has 3 rings (SSSR count). The standard InChI is InChI=1S/C19H31N3/c1-21-13-15-22(16-14-21)12-9-17-5-7-18(8-6-17)19(20)10-3-2-4-11-19/h5-8H,2-4,9-16,20H2,1H3. The second kappa shape index (κ2) is 7.12. The maximum Gasteiger partial charge on any atom is 0.0409 e. The molecule has 1 aliphatic carbocycles. The minimum Gasteiger partial charge on any atom is -0.321 e. The van der Waals surface area contributed by atoms with Crippen LogP contribution in [0.1, 0.15) is 43.2 Å². The van der Waals surface area contributed by atoms with Gasteiger partial charge in [0.2, 0.25) is 0 Å². The normalized spacial score (nSPS) is 23.5. The zero-order valence-electron chi connectivity index (χ0n) is 14.1. The fraction of sp³-hybridized carbons (Fsp3) is 0.684. The first-order chi connectivity index (χ1) is 10.7. The summed E-state index contributed by atoms with van der Waals surface area (Å²) in [6.07, 6.45) is 7.36. The summed E-state index contributed by atoms with van der Waals surface area (Å²) in [4.78, 5) is 5.00. The van der Waals surface area contributed by atoms with E-state index in [9.17, 15) is 0 Å². The van der Waals surface area contributed by atoms with Gasteiger partial charge in [-0.15, -0.1) is 0 Å². The Kier molecular flexibility index (Phi) is 5.17. The first-order valence-electron chi connectivity index (χ1n) is 8.95. The summed E-state index contributed by atoms with van der Waals surface area (Å²) < 4.78 is 0. The second-order valence-corrected chi connectivity index (χ2v) is 7.31. The average molecular weight is 301 g/mol. The van der Waals surface area contributed by atoms with Crippen LogP contribution >= 0.6 is 0 Å². The fourth-order valence-corrected chi connectivity index (χ4v) is 3.83. The largest absolute Gasteiger partial charge is 0.321 e. The molecular weight excluding hydrogens is 270 g/mol. The van der Waals surface area contributed by atoms with Crippen LogP contribution in [0.4, 0.5) is 0 Å². The van der Waals surface area contributed by atoms with Gasteiger partial charge in [0.05, 0.1) is 0 Å². The zero-order chi connectivity index (χ0) is 15.4. The van der Waals surface area contributed by atoms with Gasteiger partial charge >= 0.3 is 0 Å². The van der Waals surface area contributed by atoms with E-state index in [1.54, 1.807) is 0 Å². The Hall–Kier alpha value is -0.900. The molecule has 0 spiro atoms. The highest BCUT2D eigenvalue weighted by molar-refractivity contribution is 5.29. The number of nitrogens with two attached hydrogens (primary N) is 1. The lowest BCUT2D eigenvalue weighted by molar-refractivity contribution is 0.155. The molecule has 1 aliphatic heterocycles. The van der Waals surface area contributed by atoms with E-state index in [1.165, 1.54) is 63.1 Å². The Morgan fingerprint density at radius 1 is 0.955 bits per heavy atom. The molecule has 0 unspecified atom stereocenters. The van der Waals surface area contributed by atoms with Crippen molar-refractivity contribution in [1.82, 2.24) is 9.80 Å². The molecule has 2 N–H and O–H groups in total. The van der Waals surface area contributed by atoms with Crippen LogP contribution in [0.25, 0.3) is 0 Å².